The predicted octanol–water partition coefficient (Wildman–Crippen LogP) is -1.53. The van der Waals surface area contributed by atoms with Crippen molar-refractivity contribution in [2.45, 2.75) is 0 Å². The molecule has 6 radical (unpaired) electrons. The van der Waals surface area contributed by atoms with Crippen molar-refractivity contribution in [3.8, 4) is 0 Å². The summed E-state index contributed by atoms with van der Waals surface area (Å²) in [6.07, 6.45) is 0. The number of rotatable bonds is 0. The number of hydrogen-bond donors (Lipinski definition) is 0. The Morgan fingerprint density at radius 2 is 1.00 bits per heavy atom. The van der Waals surface area contributed by atoms with Crippen LogP contribution in [0.25, 0.3) is 0 Å². The fourth-order valence-corrected chi connectivity index (χ4v) is 0. The first-order chi connectivity index (χ1) is 0. The second-order valence-corrected chi connectivity index (χ2v) is 0. The maximum atomic E-state index is 0. The van der Waals surface area contributed by atoms with Gasteiger partial charge in [-0.3, -0.25) is 0 Å². The monoisotopic (exact) mass is 296 g/mol. The molecule has 5 heteroatoms. The molecule has 0 saturated carbocycles. The zero-order valence-electron chi connectivity index (χ0n) is 3.77. The molecule has 0 unspecified atom stereocenters. The SMILES string of the molecule is [Ba].[Ca].[Fe].[K].[Na]. The topological polar surface area (TPSA) is 0 Å². The Bertz CT molecular complexity index is 11.6. The van der Waals surface area contributed by atoms with E-state index in [-0.39, 0.29) is 185 Å². The molecule has 0 nitrogen and oxygen atoms in total. The maximum absolute atomic E-state index is 0. The Kier molecular flexibility index (Phi) is 138. The van der Waals surface area contributed by atoms with Crippen LogP contribution in [0.5, 0.6) is 0 Å². The molecule has 14 valence electrons. The van der Waals surface area contributed by atoms with Gasteiger partial charge >= 0.3 is 0 Å². The van der Waals surface area contributed by atoms with Crippen molar-refractivity contribution in [3.63, 3.8) is 0 Å². The van der Waals surface area contributed by atoms with Gasteiger partial charge in [-0.1, -0.05) is 0 Å². The fraction of sp³-hybridized carbons (Fsp3) is 0. The van der Waals surface area contributed by atoms with Crippen LogP contribution in [0.3, 0.4) is 0 Å². The van der Waals surface area contributed by atoms with Crippen molar-refractivity contribution in [3.05, 3.63) is 0 Å². The molecular formula is BaCaFeKNa. The van der Waals surface area contributed by atoms with E-state index >= 15 is 0 Å². The molecule has 0 aliphatic carbocycles. The van der Waals surface area contributed by atoms with E-state index in [0.717, 1.165) is 0 Å². The normalized spacial score (nSPS) is 0. The second kappa shape index (κ2) is 22.5. The van der Waals surface area contributed by atoms with Crippen LogP contribution in [0, 0.1) is 0 Å². The molecule has 0 spiro atoms. The average Bonchev–Trinajstić information content (AvgIpc) is 0. The van der Waals surface area contributed by atoms with Crippen LogP contribution in [0.1, 0.15) is 0 Å². The number of hydrogen-bond acceptors (Lipinski definition) is 0. The van der Waals surface area contributed by atoms with E-state index in [0.29, 0.717) is 0 Å². The first-order valence-electron chi connectivity index (χ1n) is 0. The molecule has 0 aliphatic rings. The van der Waals surface area contributed by atoms with Gasteiger partial charge < -0.3 is 0 Å². The first kappa shape index (κ1) is 30.6. The summed E-state index contributed by atoms with van der Waals surface area (Å²) >= 11 is 0. The van der Waals surface area contributed by atoms with Crippen molar-refractivity contribution in [2.24, 2.45) is 0 Å². The van der Waals surface area contributed by atoms with E-state index in [9.17, 15) is 0 Å². The molecule has 0 aliphatic heterocycles. The molecule has 0 aromatic rings. The van der Waals surface area contributed by atoms with Crippen LogP contribution in [0.2, 0.25) is 0 Å². The largest absolute Gasteiger partial charge is 0 e. The molecule has 0 heterocycles. The average molecular weight is 295 g/mol. The van der Waals surface area contributed by atoms with E-state index < -0.39 is 0 Å². The Balaban J connectivity index is 0. The van der Waals surface area contributed by atoms with Crippen LogP contribution < -0.4 is 0 Å². The van der Waals surface area contributed by atoms with E-state index in [1.807, 2.05) is 0 Å². The summed E-state index contributed by atoms with van der Waals surface area (Å²) in [6, 6.07) is 0. The Labute approximate surface area is 178 Å². The molecule has 0 rings (SSSR count). The molecule has 5 heavy (non-hydrogen) atoms. The summed E-state index contributed by atoms with van der Waals surface area (Å²) in [7, 11) is 0. The third-order valence-electron chi connectivity index (χ3n) is 0. The van der Waals surface area contributed by atoms with Gasteiger partial charge in [-0.05, 0) is 0 Å². The summed E-state index contributed by atoms with van der Waals surface area (Å²) in [5.74, 6) is 0. The standard InChI is InChI=1S/Ba.Ca.Fe.K.Na. The fourth-order valence-electron chi connectivity index (χ4n) is 0. The molecule has 0 amide bonds. The Hall–Kier alpha value is 5.99. The van der Waals surface area contributed by atoms with Gasteiger partial charge in [-0.25, -0.2) is 0 Å². The van der Waals surface area contributed by atoms with Gasteiger partial charge in [0.05, 0.1) is 0 Å². The zero-order valence-corrected chi connectivity index (χ0v) is 16.6. The summed E-state index contributed by atoms with van der Waals surface area (Å²) in [4.78, 5) is 0. The van der Waals surface area contributed by atoms with Gasteiger partial charge in [-0.15, -0.1) is 0 Å². The van der Waals surface area contributed by atoms with Crippen LogP contribution in [-0.2, 0) is 17.1 Å². The van der Waals surface area contributed by atoms with Crippen LogP contribution in [0.15, 0.2) is 0 Å². The third kappa shape index (κ3) is 17.8. The van der Waals surface area contributed by atoms with Crippen molar-refractivity contribution in [1.82, 2.24) is 0 Å². The molecule has 0 bridgehead atoms. The van der Waals surface area contributed by atoms with Crippen molar-refractivity contribution in [1.29, 1.82) is 0 Å². The second-order valence-electron chi connectivity index (χ2n) is 0. The quantitative estimate of drug-likeness (QED) is 0.476. The molecule has 0 fully saturated rings. The minimum Gasteiger partial charge on any atom is 0 e. The van der Waals surface area contributed by atoms with Gasteiger partial charge in [0.2, 0.25) is 0 Å². The van der Waals surface area contributed by atoms with E-state index in [1.54, 1.807) is 0 Å². The van der Waals surface area contributed by atoms with Gasteiger partial charge in [0.25, 0.3) is 0 Å². The van der Waals surface area contributed by atoms with E-state index in [2.05, 4.69) is 0 Å². The Morgan fingerprint density at radius 1 is 1.00 bits per heavy atom. The van der Waals surface area contributed by atoms with Crippen LogP contribution >= 0.6 is 0 Å². The molecule has 0 saturated heterocycles. The summed E-state index contributed by atoms with van der Waals surface area (Å²) in [5, 5.41) is 0. The predicted molar refractivity (Wildman–Crippen MR) is 23.0 cm³/mol. The van der Waals surface area contributed by atoms with Crippen molar-refractivity contribution >= 4 is 168 Å². The van der Waals surface area contributed by atoms with Gasteiger partial charge in [-0.2, -0.15) is 0 Å². The minimum absolute atomic E-state index is 0. The summed E-state index contributed by atoms with van der Waals surface area (Å²) < 4.78 is 0. The molecule has 0 N–H and O–H groups in total. The van der Waals surface area contributed by atoms with E-state index in [4.69, 9.17) is 0 Å². The van der Waals surface area contributed by atoms with E-state index in [1.165, 1.54) is 0 Å². The van der Waals surface area contributed by atoms with Crippen molar-refractivity contribution in [2.75, 3.05) is 0 Å². The molecule has 0 atom stereocenters. The minimum atomic E-state index is 0. The zero-order chi connectivity index (χ0) is 0. The Morgan fingerprint density at radius 3 is 1.00 bits per heavy atom. The molecular weight excluding hydrogens is 295 g/mol. The van der Waals surface area contributed by atoms with Crippen molar-refractivity contribution < 1.29 is 17.1 Å². The van der Waals surface area contributed by atoms with Gasteiger partial charge in [0.15, 0.2) is 0 Å². The van der Waals surface area contributed by atoms with Gasteiger partial charge in [0, 0.05) is 185 Å². The van der Waals surface area contributed by atoms with Gasteiger partial charge in [0.1, 0.15) is 0 Å². The smallest absolute Gasteiger partial charge is 0 e. The van der Waals surface area contributed by atoms with Crippen LogP contribution in [0.4, 0.5) is 0 Å². The van der Waals surface area contributed by atoms with Crippen LogP contribution in [-0.4, -0.2) is 168 Å². The summed E-state index contributed by atoms with van der Waals surface area (Å²) in [5.41, 5.74) is 0. The first-order valence-corrected chi connectivity index (χ1v) is 0. The summed E-state index contributed by atoms with van der Waals surface area (Å²) in [6.45, 7) is 0. The molecule has 0 aromatic carbocycles. The third-order valence-corrected chi connectivity index (χ3v) is 0. The molecule has 0 aromatic heterocycles. The maximum Gasteiger partial charge on any atom is 0 e.